The molecule has 96 valence electrons. The predicted octanol–water partition coefficient (Wildman–Crippen LogP) is -0.180. The zero-order chi connectivity index (χ0) is 13.9. The van der Waals surface area contributed by atoms with E-state index < -0.39 is 29.0 Å². The van der Waals surface area contributed by atoms with Gasteiger partial charge in [0.2, 0.25) is 0 Å². The van der Waals surface area contributed by atoms with Crippen molar-refractivity contribution in [3.63, 3.8) is 0 Å². The normalized spacial score (nSPS) is 14.2. The van der Waals surface area contributed by atoms with Crippen molar-refractivity contribution in [3.05, 3.63) is 5.76 Å². The lowest BCUT2D eigenvalue weighted by Gasteiger charge is -2.29. The number of rotatable bonds is 4. The van der Waals surface area contributed by atoms with E-state index in [4.69, 9.17) is 15.6 Å². The van der Waals surface area contributed by atoms with Gasteiger partial charge in [-0.2, -0.15) is 0 Å². The zero-order valence-electron chi connectivity index (χ0n) is 10.1. The van der Waals surface area contributed by atoms with Crippen LogP contribution in [0.2, 0.25) is 0 Å². The Morgan fingerprint density at radius 2 is 1.71 bits per heavy atom. The van der Waals surface area contributed by atoms with Crippen LogP contribution in [0.4, 0.5) is 0 Å². The molecule has 1 atom stereocenters. The second-order valence-electron chi connectivity index (χ2n) is 4.28. The Kier molecular flexibility index (Phi) is 4.44. The van der Waals surface area contributed by atoms with Crippen LogP contribution < -0.4 is 5.73 Å². The molecule has 0 rings (SSSR count). The summed E-state index contributed by atoms with van der Waals surface area (Å²) in [6.45, 7) is 5.67. The first-order valence-corrected chi connectivity index (χ1v) is 4.69. The summed E-state index contributed by atoms with van der Waals surface area (Å²) in [5.41, 5.74) is 1.79. The molecule has 0 aromatic carbocycles. The van der Waals surface area contributed by atoms with Crippen LogP contribution >= 0.6 is 0 Å². The second-order valence-corrected chi connectivity index (χ2v) is 4.28. The highest BCUT2D eigenvalue weighted by molar-refractivity contribution is 5.86. The van der Waals surface area contributed by atoms with Crippen LogP contribution in [0.5, 0.6) is 0 Å². The lowest BCUT2D eigenvalue weighted by molar-refractivity contribution is -0.178. The largest absolute Gasteiger partial charge is 0.477 e. The third-order valence-electron chi connectivity index (χ3n) is 1.46. The molecule has 0 heterocycles. The van der Waals surface area contributed by atoms with Crippen molar-refractivity contribution < 1.29 is 29.0 Å². The fourth-order valence-corrected chi connectivity index (χ4v) is 0.892. The summed E-state index contributed by atoms with van der Waals surface area (Å²) < 4.78 is 9.44. The van der Waals surface area contributed by atoms with Crippen LogP contribution in [0.15, 0.2) is 5.76 Å². The number of nitrogens with two attached hydrogens (primary N) is 1. The maximum absolute atomic E-state index is 11.0. The summed E-state index contributed by atoms with van der Waals surface area (Å²) in [5.74, 6) is -2.24. The number of carbonyl (C=O) groups excluding carboxylic acids is 2. The summed E-state index contributed by atoms with van der Waals surface area (Å²) in [4.78, 5) is 32.4. The first-order valence-electron chi connectivity index (χ1n) is 4.69. The van der Waals surface area contributed by atoms with E-state index in [1.54, 1.807) is 20.8 Å². The molecule has 0 saturated heterocycles. The number of hydrogen-bond acceptors (Lipinski definition) is 6. The SMILES string of the molecule is CC(=O)OC(N)(C(=O)O)C(=C=O)OC(C)(C)C. The minimum atomic E-state index is -2.67. The summed E-state index contributed by atoms with van der Waals surface area (Å²) in [6, 6.07) is 0. The van der Waals surface area contributed by atoms with Gasteiger partial charge < -0.3 is 14.6 Å². The molecule has 0 spiro atoms. The first-order chi connectivity index (χ1) is 7.53. The predicted molar refractivity (Wildman–Crippen MR) is 56.4 cm³/mol. The van der Waals surface area contributed by atoms with E-state index in [9.17, 15) is 14.4 Å². The molecule has 0 radical (unpaired) electrons. The molecule has 1 unspecified atom stereocenters. The summed E-state index contributed by atoms with van der Waals surface area (Å²) in [7, 11) is 0. The van der Waals surface area contributed by atoms with Gasteiger partial charge in [0.25, 0.3) is 5.76 Å². The average Bonchev–Trinajstić information content (AvgIpc) is 2.10. The Bertz CT molecular complexity index is 377. The molecule has 0 aliphatic heterocycles. The first kappa shape index (κ1) is 15.2. The van der Waals surface area contributed by atoms with Crippen molar-refractivity contribution in [1.29, 1.82) is 0 Å². The van der Waals surface area contributed by atoms with Crippen LogP contribution in [-0.2, 0) is 23.9 Å². The van der Waals surface area contributed by atoms with Crippen LogP contribution in [0.3, 0.4) is 0 Å². The van der Waals surface area contributed by atoms with Crippen molar-refractivity contribution in [2.75, 3.05) is 0 Å². The molecular formula is C10H15NO6. The minimum Gasteiger partial charge on any atom is -0.477 e. The number of aliphatic carboxylic acids is 1. The monoisotopic (exact) mass is 245 g/mol. The van der Waals surface area contributed by atoms with Gasteiger partial charge in [0, 0.05) is 6.92 Å². The molecule has 0 aromatic heterocycles. The van der Waals surface area contributed by atoms with E-state index in [2.05, 4.69) is 4.74 Å². The van der Waals surface area contributed by atoms with Gasteiger partial charge in [0.1, 0.15) is 5.60 Å². The van der Waals surface area contributed by atoms with E-state index >= 15 is 0 Å². The van der Waals surface area contributed by atoms with Crippen molar-refractivity contribution in [2.45, 2.75) is 39.0 Å². The molecule has 0 fully saturated rings. The van der Waals surface area contributed by atoms with E-state index in [1.807, 2.05) is 0 Å². The number of hydrogen-bond donors (Lipinski definition) is 2. The Morgan fingerprint density at radius 1 is 1.24 bits per heavy atom. The molecule has 7 heteroatoms. The molecule has 0 aromatic rings. The maximum Gasteiger partial charge on any atom is 0.373 e. The number of carboxylic acid groups (broad SMARTS) is 1. The van der Waals surface area contributed by atoms with E-state index in [0.29, 0.717) is 0 Å². The van der Waals surface area contributed by atoms with E-state index in [0.717, 1.165) is 6.92 Å². The van der Waals surface area contributed by atoms with Gasteiger partial charge in [-0.05, 0) is 20.8 Å². The van der Waals surface area contributed by atoms with Gasteiger partial charge >= 0.3 is 17.7 Å². The van der Waals surface area contributed by atoms with Crippen LogP contribution in [-0.4, -0.2) is 34.3 Å². The van der Waals surface area contributed by atoms with Crippen molar-refractivity contribution in [2.24, 2.45) is 5.73 Å². The Morgan fingerprint density at radius 3 is 1.94 bits per heavy atom. The van der Waals surface area contributed by atoms with Crippen LogP contribution in [0, 0.1) is 0 Å². The van der Waals surface area contributed by atoms with Crippen molar-refractivity contribution in [1.82, 2.24) is 0 Å². The maximum atomic E-state index is 11.0. The number of esters is 1. The lowest BCUT2D eigenvalue weighted by Crippen LogP contribution is -2.55. The average molecular weight is 245 g/mol. The molecule has 0 saturated carbocycles. The van der Waals surface area contributed by atoms with Crippen molar-refractivity contribution >= 4 is 17.9 Å². The van der Waals surface area contributed by atoms with Crippen LogP contribution in [0.25, 0.3) is 0 Å². The number of carboxylic acids is 1. The number of carbonyl (C=O) groups is 2. The zero-order valence-corrected chi connectivity index (χ0v) is 10.1. The highest BCUT2D eigenvalue weighted by Crippen LogP contribution is 2.21. The van der Waals surface area contributed by atoms with Crippen molar-refractivity contribution in [3.8, 4) is 0 Å². The summed E-state index contributed by atoms with van der Waals surface area (Å²) >= 11 is 0. The minimum absolute atomic E-state index is 0.798. The molecule has 17 heavy (non-hydrogen) atoms. The quantitative estimate of drug-likeness (QED) is 0.305. The third kappa shape index (κ3) is 4.26. The van der Waals surface area contributed by atoms with Gasteiger partial charge in [0.15, 0.2) is 5.94 Å². The fraction of sp³-hybridized carbons (Fsp3) is 0.600. The lowest BCUT2D eigenvalue weighted by atomic mass is 10.1. The number of ether oxygens (including phenoxy) is 2. The van der Waals surface area contributed by atoms with Crippen LogP contribution in [0.1, 0.15) is 27.7 Å². The van der Waals surface area contributed by atoms with E-state index in [1.165, 1.54) is 5.94 Å². The molecule has 0 amide bonds. The smallest absolute Gasteiger partial charge is 0.373 e. The topological polar surface area (TPSA) is 116 Å². The third-order valence-corrected chi connectivity index (χ3v) is 1.46. The standard InChI is InChI=1S/C10H15NO6/c1-6(13)16-10(11,8(14)15)7(5-12)17-9(2,3)4/h11H2,1-4H3,(H,14,15). The van der Waals surface area contributed by atoms with Gasteiger partial charge in [-0.3, -0.25) is 10.5 Å². The fourth-order valence-electron chi connectivity index (χ4n) is 0.892. The second kappa shape index (κ2) is 4.99. The molecule has 0 aliphatic carbocycles. The van der Waals surface area contributed by atoms with Gasteiger partial charge in [-0.1, -0.05) is 0 Å². The molecule has 7 nitrogen and oxygen atoms in total. The Balaban J connectivity index is 5.38. The van der Waals surface area contributed by atoms with Gasteiger partial charge in [0.05, 0.1) is 0 Å². The highest BCUT2D eigenvalue weighted by atomic mass is 16.6. The Labute approximate surface area is 98.2 Å². The Hall–Kier alpha value is -1.85. The van der Waals surface area contributed by atoms with Gasteiger partial charge in [-0.15, -0.1) is 0 Å². The molecule has 0 bridgehead atoms. The molecule has 3 N–H and O–H groups in total. The van der Waals surface area contributed by atoms with E-state index in [-0.39, 0.29) is 0 Å². The molecule has 0 aliphatic rings. The van der Waals surface area contributed by atoms with Gasteiger partial charge in [-0.25, -0.2) is 9.59 Å². The summed E-state index contributed by atoms with van der Waals surface area (Å²) in [6.07, 6.45) is 0. The highest BCUT2D eigenvalue weighted by Gasteiger charge is 2.46. The summed E-state index contributed by atoms with van der Waals surface area (Å²) in [5, 5.41) is 8.90. The molecular weight excluding hydrogens is 230 g/mol.